The molecule has 7 heteroatoms. The van der Waals surface area contributed by atoms with Crippen molar-refractivity contribution in [1.82, 2.24) is 0 Å². The van der Waals surface area contributed by atoms with E-state index in [0.29, 0.717) is 20.6 Å². The van der Waals surface area contributed by atoms with Crippen LogP contribution in [0.15, 0.2) is 27.4 Å². The molecule has 1 heterocycles. The predicted molar refractivity (Wildman–Crippen MR) is 80.7 cm³/mol. The molecular weight excluding hydrogens is 328 g/mol. The molecule has 0 bridgehead atoms. The van der Waals surface area contributed by atoms with Crippen molar-refractivity contribution >= 4 is 51.7 Å². The minimum atomic E-state index is -1.04. The fourth-order valence-corrected chi connectivity index (χ4v) is 3.21. The van der Waals surface area contributed by atoms with Gasteiger partial charge in [0.25, 0.3) is 0 Å². The zero-order chi connectivity index (χ0) is 14.4. The van der Waals surface area contributed by atoms with Gasteiger partial charge in [-0.25, -0.2) is 4.99 Å². The molecule has 2 rings (SSSR count). The number of hydrogen-bond donors (Lipinski definition) is 0. The Balaban J connectivity index is 2.77. The number of halogens is 4. The maximum Gasteiger partial charge on any atom is 0.240 e. The van der Waals surface area contributed by atoms with Gasteiger partial charge in [0, 0.05) is 16.0 Å². The van der Waals surface area contributed by atoms with Crippen molar-refractivity contribution in [3.8, 4) is 0 Å². The van der Waals surface area contributed by atoms with Gasteiger partial charge in [-0.05, 0) is 23.7 Å². The molecule has 1 aliphatic rings. The first-order valence-electron chi connectivity index (χ1n) is 5.51. The third kappa shape index (κ3) is 2.49. The quantitative estimate of drug-likeness (QED) is 0.571. The highest BCUT2D eigenvalue weighted by Gasteiger charge is 2.49. The van der Waals surface area contributed by atoms with Crippen LogP contribution >= 0.6 is 46.4 Å². The molecule has 0 amide bonds. The van der Waals surface area contributed by atoms with E-state index in [0.717, 1.165) is 0 Å². The Morgan fingerprint density at radius 1 is 1.00 bits per heavy atom. The molecular formula is C12H11Cl4N3. The minimum absolute atomic E-state index is 0.0806. The predicted octanol–water partition coefficient (Wildman–Crippen LogP) is 5.91. The van der Waals surface area contributed by atoms with Crippen LogP contribution in [-0.2, 0) is 5.66 Å². The Kier molecular flexibility index (Phi) is 3.87. The summed E-state index contributed by atoms with van der Waals surface area (Å²) in [6, 6.07) is 3.21. The van der Waals surface area contributed by atoms with E-state index in [-0.39, 0.29) is 5.29 Å². The van der Waals surface area contributed by atoms with E-state index in [4.69, 9.17) is 46.4 Å². The van der Waals surface area contributed by atoms with Crippen LogP contribution < -0.4 is 0 Å². The van der Waals surface area contributed by atoms with Gasteiger partial charge >= 0.3 is 0 Å². The average molecular weight is 339 g/mol. The summed E-state index contributed by atoms with van der Waals surface area (Å²) in [4.78, 5) is 4.35. The second kappa shape index (κ2) is 4.88. The van der Waals surface area contributed by atoms with Crippen LogP contribution in [0, 0.1) is 5.41 Å². The molecule has 1 aromatic rings. The first-order chi connectivity index (χ1) is 8.67. The normalized spacial score (nSPS) is 22.8. The largest absolute Gasteiger partial charge is 0.240 e. The monoisotopic (exact) mass is 337 g/mol. The van der Waals surface area contributed by atoms with Crippen LogP contribution in [0.1, 0.15) is 26.3 Å². The number of amidine groups is 1. The van der Waals surface area contributed by atoms with Crippen LogP contribution in [0.25, 0.3) is 0 Å². The molecule has 0 N–H and O–H groups in total. The maximum absolute atomic E-state index is 6.28. The number of azo groups is 1. The van der Waals surface area contributed by atoms with Gasteiger partial charge < -0.3 is 0 Å². The average Bonchev–Trinajstić information content (AvgIpc) is 2.59. The molecule has 0 saturated carbocycles. The summed E-state index contributed by atoms with van der Waals surface area (Å²) < 4.78 is 0. The summed E-state index contributed by atoms with van der Waals surface area (Å²) in [5, 5.41) is 9.36. The second-order valence-corrected chi connectivity index (χ2v) is 6.84. The Labute approximate surface area is 131 Å². The fourth-order valence-electron chi connectivity index (χ4n) is 1.97. The molecule has 0 spiro atoms. The Bertz CT molecular complexity index is 566. The second-order valence-electron chi connectivity index (χ2n) is 5.25. The standard InChI is InChI=1S/C12H11Cl4N3/c1-11(2,3)12(17-10(16)18-19-12)9-7(14)4-6(13)5-8(9)15/h4-5H,1-3H3. The van der Waals surface area contributed by atoms with Gasteiger partial charge in [0.05, 0.1) is 10.0 Å². The number of benzene rings is 1. The van der Waals surface area contributed by atoms with Crippen molar-refractivity contribution < 1.29 is 0 Å². The van der Waals surface area contributed by atoms with E-state index in [1.54, 1.807) is 12.1 Å². The lowest BCUT2D eigenvalue weighted by atomic mass is 9.77. The van der Waals surface area contributed by atoms with E-state index < -0.39 is 11.1 Å². The van der Waals surface area contributed by atoms with Crippen molar-refractivity contribution in [1.29, 1.82) is 0 Å². The lowest BCUT2D eigenvalue weighted by molar-refractivity contribution is 0.200. The highest BCUT2D eigenvalue weighted by molar-refractivity contribution is 6.65. The van der Waals surface area contributed by atoms with Crippen LogP contribution in [0.4, 0.5) is 0 Å². The van der Waals surface area contributed by atoms with E-state index in [9.17, 15) is 0 Å². The minimum Gasteiger partial charge on any atom is -0.217 e. The van der Waals surface area contributed by atoms with Gasteiger partial charge in [-0.15, -0.1) is 10.2 Å². The number of aliphatic imine (C=N–C) groups is 1. The first kappa shape index (κ1) is 15.0. The lowest BCUT2D eigenvalue weighted by Crippen LogP contribution is -2.36. The van der Waals surface area contributed by atoms with Crippen molar-refractivity contribution in [2.45, 2.75) is 26.4 Å². The van der Waals surface area contributed by atoms with Crippen LogP contribution in [-0.4, -0.2) is 5.29 Å². The summed E-state index contributed by atoms with van der Waals surface area (Å²) in [5.74, 6) is 0. The Hall–Kier alpha value is -0.350. The topological polar surface area (TPSA) is 37.1 Å². The number of hydrogen-bond acceptors (Lipinski definition) is 3. The van der Waals surface area contributed by atoms with E-state index in [2.05, 4.69) is 15.2 Å². The first-order valence-corrected chi connectivity index (χ1v) is 7.02. The lowest BCUT2D eigenvalue weighted by Gasteiger charge is -2.36. The Morgan fingerprint density at radius 2 is 1.53 bits per heavy atom. The van der Waals surface area contributed by atoms with Crippen molar-refractivity contribution in [3.63, 3.8) is 0 Å². The zero-order valence-corrected chi connectivity index (χ0v) is 13.5. The summed E-state index contributed by atoms with van der Waals surface area (Å²) in [6.07, 6.45) is 0. The van der Waals surface area contributed by atoms with Crippen LogP contribution in [0.2, 0.25) is 15.1 Å². The highest BCUT2D eigenvalue weighted by atomic mass is 35.5. The molecule has 0 radical (unpaired) electrons. The Morgan fingerprint density at radius 3 is 1.89 bits per heavy atom. The summed E-state index contributed by atoms with van der Waals surface area (Å²) in [6.45, 7) is 5.89. The molecule has 1 atom stereocenters. The van der Waals surface area contributed by atoms with Crippen molar-refractivity contribution in [2.75, 3.05) is 0 Å². The number of nitrogens with zero attached hydrogens (tertiary/aromatic N) is 3. The zero-order valence-electron chi connectivity index (χ0n) is 10.5. The molecule has 102 valence electrons. The third-order valence-corrected chi connectivity index (χ3v) is 3.91. The van der Waals surface area contributed by atoms with Gasteiger partial charge in [0.15, 0.2) is 0 Å². The van der Waals surface area contributed by atoms with Crippen LogP contribution in [0.5, 0.6) is 0 Å². The molecule has 1 unspecified atom stereocenters. The van der Waals surface area contributed by atoms with Gasteiger partial charge in [-0.2, -0.15) is 0 Å². The van der Waals surface area contributed by atoms with Gasteiger partial charge in [0.1, 0.15) is 0 Å². The molecule has 1 aromatic carbocycles. The molecule has 19 heavy (non-hydrogen) atoms. The molecule has 3 nitrogen and oxygen atoms in total. The molecule has 0 aliphatic carbocycles. The smallest absolute Gasteiger partial charge is 0.217 e. The number of rotatable bonds is 1. The SMILES string of the molecule is CC(C)(C)C1(c2c(Cl)cc(Cl)cc2Cl)N=NC(Cl)=N1. The van der Waals surface area contributed by atoms with Gasteiger partial charge in [-0.1, -0.05) is 55.6 Å². The van der Waals surface area contributed by atoms with Crippen LogP contribution in [0.3, 0.4) is 0 Å². The molecule has 0 fully saturated rings. The van der Waals surface area contributed by atoms with Crippen molar-refractivity contribution in [3.05, 3.63) is 32.8 Å². The fraction of sp³-hybridized carbons (Fsp3) is 0.417. The summed E-state index contributed by atoms with van der Waals surface area (Å²) in [7, 11) is 0. The highest BCUT2D eigenvalue weighted by Crippen LogP contribution is 2.52. The molecule has 0 aromatic heterocycles. The molecule has 0 saturated heterocycles. The van der Waals surface area contributed by atoms with Gasteiger partial charge in [-0.3, -0.25) is 0 Å². The van der Waals surface area contributed by atoms with E-state index in [1.165, 1.54) is 0 Å². The van der Waals surface area contributed by atoms with Gasteiger partial charge in [0.2, 0.25) is 11.0 Å². The van der Waals surface area contributed by atoms with Crippen molar-refractivity contribution in [2.24, 2.45) is 20.6 Å². The van der Waals surface area contributed by atoms with E-state index >= 15 is 0 Å². The molecule has 1 aliphatic heterocycles. The summed E-state index contributed by atoms with van der Waals surface area (Å²) in [5.41, 5.74) is -0.885. The van der Waals surface area contributed by atoms with E-state index in [1.807, 2.05) is 20.8 Å². The summed E-state index contributed by atoms with van der Waals surface area (Å²) >= 11 is 24.3. The maximum atomic E-state index is 6.28. The third-order valence-electron chi connectivity index (χ3n) is 2.93.